The zero-order valence-electron chi connectivity index (χ0n) is 10.9. The second kappa shape index (κ2) is 6.20. The number of hydrogen-bond donors (Lipinski definition) is 2. The van der Waals surface area contributed by atoms with Gasteiger partial charge in [0.1, 0.15) is 5.82 Å². The Kier molecular flexibility index (Phi) is 4.55. The minimum atomic E-state index is -0.626. The number of halogens is 3. The fourth-order valence-corrected chi connectivity index (χ4v) is 2.19. The number of ether oxygens (including phenoxy) is 1. The van der Waals surface area contributed by atoms with E-state index >= 15 is 0 Å². The van der Waals surface area contributed by atoms with Gasteiger partial charge in [-0.25, -0.2) is 9.18 Å². The van der Waals surface area contributed by atoms with Crippen molar-refractivity contribution in [2.24, 2.45) is 0 Å². The van der Waals surface area contributed by atoms with Gasteiger partial charge in [-0.3, -0.25) is 0 Å². The van der Waals surface area contributed by atoms with Crippen molar-refractivity contribution in [2.75, 3.05) is 18.2 Å². The van der Waals surface area contributed by atoms with E-state index in [9.17, 15) is 9.18 Å². The van der Waals surface area contributed by atoms with Crippen molar-refractivity contribution in [3.8, 4) is 0 Å². The first-order valence-electron chi connectivity index (χ1n) is 5.81. The van der Waals surface area contributed by atoms with E-state index < -0.39 is 11.8 Å². The number of carbonyl (C=O) groups excluding carboxylic acids is 1. The zero-order chi connectivity index (χ0) is 15.6. The Hall–Kier alpha value is -1.98. The van der Waals surface area contributed by atoms with E-state index in [1.807, 2.05) is 0 Å². The third kappa shape index (κ3) is 3.37. The molecular weight excluding hydrogens is 318 g/mol. The molecular formula is C14H11Cl2FN2O2. The van der Waals surface area contributed by atoms with E-state index in [4.69, 9.17) is 28.9 Å². The number of nitrogen functional groups attached to an aromatic ring is 1. The van der Waals surface area contributed by atoms with Gasteiger partial charge >= 0.3 is 5.97 Å². The molecule has 21 heavy (non-hydrogen) atoms. The van der Waals surface area contributed by atoms with Crippen LogP contribution in [0.3, 0.4) is 0 Å². The topological polar surface area (TPSA) is 64.3 Å². The van der Waals surface area contributed by atoms with Crippen LogP contribution >= 0.6 is 23.2 Å². The Morgan fingerprint density at radius 3 is 2.62 bits per heavy atom. The smallest absolute Gasteiger partial charge is 0.340 e. The molecule has 7 heteroatoms. The normalized spacial score (nSPS) is 10.3. The highest BCUT2D eigenvalue weighted by Crippen LogP contribution is 2.34. The van der Waals surface area contributed by atoms with Crippen LogP contribution in [0.5, 0.6) is 0 Å². The van der Waals surface area contributed by atoms with E-state index in [2.05, 4.69) is 10.1 Å². The third-order valence-electron chi connectivity index (χ3n) is 2.71. The van der Waals surface area contributed by atoms with Crippen molar-refractivity contribution in [3.63, 3.8) is 0 Å². The van der Waals surface area contributed by atoms with Gasteiger partial charge in [0.05, 0.1) is 34.1 Å². The highest BCUT2D eigenvalue weighted by molar-refractivity contribution is 6.35. The summed E-state index contributed by atoms with van der Waals surface area (Å²) in [6.45, 7) is 0. The summed E-state index contributed by atoms with van der Waals surface area (Å²) in [4.78, 5) is 11.8. The number of anilines is 3. The molecule has 0 amide bonds. The maximum Gasteiger partial charge on any atom is 0.340 e. The average Bonchev–Trinajstić information content (AvgIpc) is 2.44. The number of carbonyl (C=O) groups is 1. The molecule has 0 fully saturated rings. The van der Waals surface area contributed by atoms with Crippen molar-refractivity contribution in [1.29, 1.82) is 0 Å². The number of nitrogens with one attached hydrogen (secondary N) is 1. The lowest BCUT2D eigenvalue weighted by molar-refractivity contribution is 0.0602. The summed E-state index contributed by atoms with van der Waals surface area (Å²) in [5, 5.41) is 3.30. The molecule has 0 atom stereocenters. The first kappa shape index (κ1) is 15.4. The second-order valence-electron chi connectivity index (χ2n) is 4.17. The Morgan fingerprint density at radius 2 is 1.95 bits per heavy atom. The van der Waals surface area contributed by atoms with Gasteiger partial charge in [-0.1, -0.05) is 23.2 Å². The summed E-state index contributed by atoms with van der Waals surface area (Å²) in [7, 11) is 1.23. The first-order chi connectivity index (χ1) is 9.92. The van der Waals surface area contributed by atoms with Gasteiger partial charge < -0.3 is 15.8 Å². The zero-order valence-corrected chi connectivity index (χ0v) is 12.4. The molecule has 0 spiro atoms. The standard InChI is InChI=1S/C14H11Cl2FN2O2/c1-21-14(20)9-5-8(18)6-11(16)13(9)19-12-4-7(17)2-3-10(12)15/h2-6,19H,18H2,1H3. The van der Waals surface area contributed by atoms with Gasteiger partial charge in [-0.05, 0) is 30.3 Å². The molecule has 0 bridgehead atoms. The number of hydrogen-bond acceptors (Lipinski definition) is 4. The first-order valence-corrected chi connectivity index (χ1v) is 6.57. The number of benzene rings is 2. The molecule has 2 aromatic rings. The van der Waals surface area contributed by atoms with Crippen molar-refractivity contribution in [1.82, 2.24) is 0 Å². The molecule has 0 aliphatic rings. The van der Waals surface area contributed by atoms with Gasteiger partial charge in [-0.15, -0.1) is 0 Å². The molecule has 0 aliphatic heterocycles. The molecule has 110 valence electrons. The Labute approximate surface area is 130 Å². The van der Waals surface area contributed by atoms with Crippen LogP contribution in [-0.4, -0.2) is 13.1 Å². The summed E-state index contributed by atoms with van der Waals surface area (Å²) in [6, 6.07) is 6.68. The average molecular weight is 329 g/mol. The van der Waals surface area contributed by atoms with Crippen molar-refractivity contribution >= 4 is 46.2 Å². The molecule has 0 saturated carbocycles. The number of nitrogens with two attached hydrogens (primary N) is 1. The van der Waals surface area contributed by atoms with Crippen LogP contribution in [0.1, 0.15) is 10.4 Å². The molecule has 0 heterocycles. The Morgan fingerprint density at radius 1 is 1.24 bits per heavy atom. The van der Waals surface area contributed by atoms with E-state index in [0.29, 0.717) is 5.69 Å². The molecule has 3 N–H and O–H groups in total. The molecule has 0 saturated heterocycles. The highest BCUT2D eigenvalue weighted by atomic mass is 35.5. The van der Waals surface area contributed by atoms with Crippen LogP contribution in [0.2, 0.25) is 10.0 Å². The minimum Gasteiger partial charge on any atom is -0.465 e. The lowest BCUT2D eigenvalue weighted by Gasteiger charge is -2.14. The summed E-state index contributed by atoms with van der Waals surface area (Å²) < 4.78 is 18.0. The molecule has 0 aromatic heterocycles. The van der Waals surface area contributed by atoms with Crippen molar-refractivity contribution in [2.45, 2.75) is 0 Å². The monoisotopic (exact) mass is 328 g/mol. The third-order valence-corrected chi connectivity index (χ3v) is 3.33. The number of rotatable bonds is 3. The van der Waals surface area contributed by atoms with Crippen LogP contribution in [0.4, 0.5) is 21.5 Å². The summed E-state index contributed by atoms with van der Waals surface area (Å²) in [5.41, 5.74) is 6.60. The van der Waals surface area contributed by atoms with Crippen LogP contribution in [0, 0.1) is 5.82 Å². The summed E-state index contributed by atoms with van der Waals surface area (Å²) in [5.74, 6) is -1.10. The van der Waals surface area contributed by atoms with Crippen LogP contribution in [-0.2, 0) is 4.74 Å². The van der Waals surface area contributed by atoms with Gasteiger partial charge in [-0.2, -0.15) is 0 Å². The fourth-order valence-electron chi connectivity index (χ4n) is 1.75. The second-order valence-corrected chi connectivity index (χ2v) is 4.98. The van der Waals surface area contributed by atoms with Crippen molar-refractivity contribution in [3.05, 3.63) is 51.8 Å². The molecule has 2 aromatic carbocycles. The maximum absolute atomic E-state index is 13.3. The van der Waals surface area contributed by atoms with E-state index in [1.165, 1.54) is 37.4 Å². The van der Waals surface area contributed by atoms with Gasteiger partial charge in [0.25, 0.3) is 0 Å². The molecule has 2 rings (SSSR count). The van der Waals surface area contributed by atoms with Gasteiger partial charge in [0.2, 0.25) is 0 Å². The van der Waals surface area contributed by atoms with Crippen LogP contribution < -0.4 is 11.1 Å². The van der Waals surface area contributed by atoms with Gasteiger partial charge in [0.15, 0.2) is 0 Å². The quantitative estimate of drug-likeness (QED) is 0.653. The molecule has 0 aliphatic carbocycles. The van der Waals surface area contributed by atoms with Crippen LogP contribution in [0.25, 0.3) is 0 Å². The van der Waals surface area contributed by atoms with E-state index in [1.54, 1.807) is 0 Å². The Balaban J connectivity index is 2.53. The Bertz CT molecular complexity index is 708. The maximum atomic E-state index is 13.3. The molecule has 0 radical (unpaired) electrons. The van der Waals surface area contributed by atoms with Gasteiger partial charge in [0, 0.05) is 5.69 Å². The lowest BCUT2D eigenvalue weighted by Crippen LogP contribution is -2.07. The van der Waals surface area contributed by atoms with E-state index in [0.717, 1.165) is 0 Å². The largest absolute Gasteiger partial charge is 0.465 e. The lowest BCUT2D eigenvalue weighted by atomic mass is 10.1. The van der Waals surface area contributed by atoms with Crippen LogP contribution in [0.15, 0.2) is 30.3 Å². The number of methoxy groups -OCH3 is 1. The SMILES string of the molecule is COC(=O)c1cc(N)cc(Cl)c1Nc1cc(F)ccc1Cl. The summed E-state index contributed by atoms with van der Waals surface area (Å²) in [6.07, 6.45) is 0. The van der Waals surface area contributed by atoms with Crippen molar-refractivity contribution < 1.29 is 13.9 Å². The highest BCUT2D eigenvalue weighted by Gasteiger charge is 2.17. The predicted octanol–water partition coefficient (Wildman–Crippen LogP) is 4.24. The number of esters is 1. The predicted molar refractivity (Wildman–Crippen MR) is 81.9 cm³/mol. The minimum absolute atomic E-state index is 0.128. The fraction of sp³-hybridized carbons (Fsp3) is 0.0714. The van der Waals surface area contributed by atoms with E-state index in [-0.39, 0.29) is 27.0 Å². The summed E-state index contributed by atoms with van der Waals surface area (Å²) >= 11 is 12.1. The molecule has 0 unspecified atom stereocenters. The molecule has 4 nitrogen and oxygen atoms in total.